The van der Waals surface area contributed by atoms with Crippen LogP contribution >= 0.6 is 19.6 Å². The predicted molar refractivity (Wildman–Crippen MR) is 87.5 cm³/mol. The van der Waals surface area contributed by atoms with E-state index in [1.807, 2.05) is 6.26 Å². The van der Waals surface area contributed by atoms with Crippen LogP contribution < -0.4 is 11.5 Å². The van der Waals surface area contributed by atoms with Crippen LogP contribution in [0.4, 0.5) is 0 Å². The molecule has 1 heterocycles. The molecule has 25 heavy (non-hydrogen) atoms. The summed E-state index contributed by atoms with van der Waals surface area (Å²) in [6.45, 7) is -0.674. The highest BCUT2D eigenvalue weighted by Crippen LogP contribution is 2.36. The maximum Gasteiger partial charge on any atom is 0.469 e. The second-order valence-corrected chi connectivity index (χ2v) is 7.36. The highest BCUT2D eigenvalue weighted by molar-refractivity contribution is 7.98. The lowest BCUT2D eigenvalue weighted by molar-refractivity contribution is -0.247. The Balaban J connectivity index is 0.000000547. The Morgan fingerprint density at radius 2 is 1.88 bits per heavy atom. The van der Waals surface area contributed by atoms with E-state index < -0.39 is 57.1 Å². The van der Waals surface area contributed by atoms with Gasteiger partial charge in [-0.15, -0.1) is 0 Å². The predicted octanol–water partition coefficient (Wildman–Crippen LogP) is -2.99. The first-order valence-electron chi connectivity index (χ1n) is 7.03. The summed E-state index contributed by atoms with van der Waals surface area (Å²) in [7, 11) is -4.70. The van der Waals surface area contributed by atoms with E-state index in [0.29, 0.717) is 6.42 Å². The fourth-order valence-corrected chi connectivity index (χ4v) is 2.47. The minimum Gasteiger partial charge on any atom is -0.480 e. The lowest BCUT2D eigenvalue weighted by Crippen LogP contribution is -2.61. The highest BCUT2D eigenvalue weighted by Gasteiger charge is 2.42. The molecule has 12 nitrogen and oxygen atoms in total. The average Bonchev–Trinajstić information content (AvgIpc) is 2.52. The first-order valence-corrected chi connectivity index (χ1v) is 9.95. The molecule has 1 aliphatic heterocycles. The fraction of sp³-hybridized carbons (Fsp3) is 0.909. The van der Waals surface area contributed by atoms with Gasteiger partial charge in [-0.1, -0.05) is 0 Å². The zero-order valence-corrected chi connectivity index (χ0v) is 15.1. The minimum absolute atomic E-state index is 0.552. The summed E-state index contributed by atoms with van der Waals surface area (Å²) < 4.78 is 19.2. The van der Waals surface area contributed by atoms with Crippen LogP contribution in [0.2, 0.25) is 0 Å². The van der Waals surface area contributed by atoms with Crippen molar-refractivity contribution in [2.75, 3.05) is 18.6 Å². The number of rotatable bonds is 7. The van der Waals surface area contributed by atoms with E-state index in [9.17, 15) is 24.7 Å². The van der Waals surface area contributed by atoms with Gasteiger partial charge in [-0.25, -0.2) is 4.57 Å². The molecule has 0 aliphatic carbocycles. The quantitative estimate of drug-likeness (QED) is 0.197. The van der Waals surface area contributed by atoms with Crippen LogP contribution in [0.15, 0.2) is 0 Å². The zero-order valence-electron chi connectivity index (χ0n) is 13.4. The molecule has 0 spiro atoms. The number of nitrogens with two attached hydrogens (primary N) is 2. The highest BCUT2D eigenvalue weighted by atomic mass is 32.2. The lowest BCUT2D eigenvalue weighted by atomic mass is 9.98. The fourth-order valence-electron chi connectivity index (χ4n) is 1.64. The smallest absolute Gasteiger partial charge is 0.469 e. The molecule has 0 aromatic rings. The summed E-state index contributed by atoms with van der Waals surface area (Å²) in [6, 6.07) is -1.88. The molecule has 0 amide bonds. The van der Waals surface area contributed by atoms with Crippen molar-refractivity contribution in [1.82, 2.24) is 0 Å². The Labute approximate surface area is 148 Å². The zero-order chi connectivity index (χ0) is 19.8. The van der Waals surface area contributed by atoms with Crippen LogP contribution in [-0.4, -0.2) is 91.5 Å². The summed E-state index contributed by atoms with van der Waals surface area (Å²) in [5, 5.41) is 36.2. The number of carboxylic acids is 1. The van der Waals surface area contributed by atoms with Crippen molar-refractivity contribution in [2.45, 2.75) is 43.1 Å². The van der Waals surface area contributed by atoms with Gasteiger partial charge < -0.3 is 46.4 Å². The number of thioether (sulfide) groups is 1. The lowest BCUT2D eigenvalue weighted by Gasteiger charge is -2.38. The van der Waals surface area contributed by atoms with E-state index in [1.165, 1.54) is 0 Å². The Bertz CT molecular complexity index is 453. The molecule has 0 bridgehead atoms. The van der Waals surface area contributed by atoms with Crippen LogP contribution in [0.3, 0.4) is 0 Å². The first kappa shape index (κ1) is 24.7. The van der Waals surface area contributed by atoms with E-state index in [0.717, 1.165) is 5.75 Å². The van der Waals surface area contributed by atoms with Gasteiger partial charge in [-0.05, 0) is 18.4 Å². The van der Waals surface area contributed by atoms with Crippen LogP contribution in [0.25, 0.3) is 0 Å². The van der Waals surface area contributed by atoms with Crippen molar-refractivity contribution in [3.63, 3.8) is 0 Å². The van der Waals surface area contributed by atoms with Crippen LogP contribution in [0, 0.1) is 0 Å². The van der Waals surface area contributed by atoms with E-state index in [2.05, 4.69) is 4.52 Å². The molecule has 0 radical (unpaired) electrons. The SMILES string of the molecule is CSCCC(N)C(=O)O.N[C@H]1C(O)O[C@H](COP(=O)(O)O)[C@@H](O)[C@@H]1O. The normalized spacial score (nSPS) is 31.0. The molecular formula is C11H25N2O10PS. The summed E-state index contributed by atoms with van der Waals surface area (Å²) in [4.78, 5) is 26.9. The number of hydrogen-bond acceptors (Lipinski definition) is 10. The van der Waals surface area contributed by atoms with Gasteiger partial charge in [-0.3, -0.25) is 9.32 Å². The number of ether oxygens (including phenoxy) is 1. The van der Waals surface area contributed by atoms with Crippen molar-refractivity contribution >= 4 is 25.6 Å². The van der Waals surface area contributed by atoms with Crippen LogP contribution in [-0.2, 0) is 18.6 Å². The van der Waals surface area contributed by atoms with Crippen LogP contribution in [0.5, 0.6) is 0 Å². The van der Waals surface area contributed by atoms with Gasteiger partial charge in [0.15, 0.2) is 6.29 Å². The van der Waals surface area contributed by atoms with Crippen molar-refractivity contribution in [2.24, 2.45) is 11.5 Å². The third kappa shape index (κ3) is 9.82. The number of carbonyl (C=O) groups is 1. The van der Waals surface area contributed by atoms with Gasteiger partial charge in [0.25, 0.3) is 0 Å². The van der Waals surface area contributed by atoms with Crippen molar-refractivity contribution in [3.8, 4) is 0 Å². The average molecular weight is 408 g/mol. The molecule has 0 aromatic carbocycles. The molecule has 14 heteroatoms. The number of aliphatic hydroxyl groups excluding tert-OH is 3. The second kappa shape index (κ2) is 11.4. The van der Waals surface area contributed by atoms with E-state index in [-0.39, 0.29) is 0 Å². The maximum atomic E-state index is 10.4. The minimum atomic E-state index is -4.70. The Morgan fingerprint density at radius 1 is 1.32 bits per heavy atom. The molecule has 1 fully saturated rings. The van der Waals surface area contributed by atoms with E-state index in [1.54, 1.807) is 11.8 Å². The number of phosphoric acid groups is 1. The number of hydrogen-bond donors (Lipinski definition) is 8. The standard InChI is InChI=1S/C6H14NO8P.C5H11NO2S/c7-3-5(9)4(8)2(15-6(3)10)1-14-16(11,12)13;1-9-3-2-4(6)5(7)8/h2-6,8-10H,1,7H2,(H2,11,12,13);4H,2-3,6H2,1H3,(H,7,8)/t2-,3-,4-,5-,6?;/m1./s1. The topological polar surface area (TPSA) is 226 Å². The maximum absolute atomic E-state index is 10.4. The van der Waals surface area contributed by atoms with Crippen LogP contribution in [0.1, 0.15) is 6.42 Å². The van der Waals surface area contributed by atoms with Gasteiger partial charge in [0.2, 0.25) is 0 Å². The molecule has 2 unspecified atom stereocenters. The van der Waals surface area contributed by atoms with Gasteiger partial charge in [0, 0.05) is 0 Å². The summed E-state index contributed by atoms with van der Waals surface area (Å²) in [6.07, 6.45) is -3.29. The summed E-state index contributed by atoms with van der Waals surface area (Å²) >= 11 is 1.60. The van der Waals surface area contributed by atoms with Gasteiger partial charge in [0.1, 0.15) is 24.4 Å². The van der Waals surface area contributed by atoms with E-state index in [4.69, 9.17) is 31.1 Å². The molecule has 1 rings (SSSR count). The molecule has 0 aromatic heterocycles. The number of carboxylic acid groups (broad SMARTS) is 1. The Kier molecular flexibility index (Phi) is 11.3. The summed E-state index contributed by atoms with van der Waals surface area (Å²) in [5.41, 5.74) is 10.5. The van der Waals surface area contributed by atoms with Gasteiger partial charge in [-0.2, -0.15) is 11.8 Å². The second-order valence-electron chi connectivity index (χ2n) is 5.14. The molecule has 1 saturated heterocycles. The molecular weight excluding hydrogens is 383 g/mol. The third-order valence-corrected chi connectivity index (χ3v) is 4.26. The summed E-state index contributed by atoms with van der Waals surface area (Å²) in [5.74, 6) is -0.1000. The molecule has 0 saturated carbocycles. The number of aliphatic hydroxyl groups is 3. The first-order chi connectivity index (χ1) is 11.4. The van der Waals surface area contributed by atoms with Gasteiger partial charge >= 0.3 is 13.8 Å². The Morgan fingerprint density at radius 3 is 2.32 bits per heavy atom. The number of aliphatic carboxylic acids is 1. The molecule has 6 atom stereocenters. The molecule has 10 N–H and O–H groups in total. The van der Waals surface area contributed by atoms with Crippen molar-refractivity contribution < 1.29 is 48.8 Å². The van der Waals surface area contributed by atoms with Crippen molar-refractivity contribution in [1.29, 1.82) is 0 Å². The monoisotopic (exact) mass is 408 g/mol. The molecule has 1 aliphatic rings. The third-order valence-electron chi connectivity index (χ3n) is 3.13. The van der Waals surface area contributed by atoms with Crippen molar-refractivity contribution in [3.05, 3.63) is 0 Å². The van der Waals surface area contributed by atoms with E-state index >= 15 is 0 Å². The largest absolute Gasteiger partial charge is 0.480 e. The molecule has 150 valence electrons. The number of phosphoric ester groups is 1. The van der Waals surface area contributed by atoms with Gasteiger partial charge in [0.05, 0.1) is 12.6 Å². The Hall–Kier alpha value is -0.310.